The van der Waals surface area contributed by atoms with Gasteiger partial charge in [-0.1, -0.05) is 12.1 Å². The van der Waals surface area contributed by atoms with Gasteiger partial charge in [-0.2, -0.15) is 11.8 Å². The SMILES string of the molecule is O=C(CSCCO)c1cccc([N+](=O)[O-])c1. The number of hydrogen-bond acceptors (Lipinski definition) is 5. The Morgan fingerprint density at radius 2 is 2.25 bits per heavy atom. The van der Waals surface area contributed by atoms with Crippen molar-refractivity contribution in [2.45, 2.75) is 0 Å². The lowest BCUT2D eigenvalue weighted by molar-refractivity contribution is -0.384. The summed E-state index contributed by atoms with van der Waals surface area (Å²) in [6.45, 7) is 0.0207. The van der Waals surface area contributed by atoms with Gasteiger partial charge < -0.3 is 5.11 Å². The third-order valence-electron chi connectivity index (χ3n) is 1.85. The number of aliphatic hydroxyl groups excluding tert-OH is 1. The Kier molecular flexibility index (Phi) is 4.94. The standard InChI is InChI=1S/C10H11NO4S/c12-4-5-16-7-10(13)8-2-1-3-9(6-8)11(14)15/h1-3,6,12H,4-5,7H2. The molecule has 16 heavy (non-hydrogen) atoms. The third-order valence-corrected chi connectivity index (χ3v) is 2.79. The lowest BCUT2D eigenvalue weighted by atomic mass is 10.1. The molecule has 1 aromatic carbocycles. The number of aliphatic hydroxyl groups is 1. The van der Waals surface area contributed by atoms with E-state index in [1.54, 1.807) is 6.07 Å². The average Bonchev–Trinajstić information content (AvgIpc) is 2.29. The van der Waals surface area contributed by atoms with E-state index < -0.39 is 4.92 Å². The van der Waals surface area contributed by atoms with Crippen LogP contribution in [0.25, 0.3) is 0 Å². The van der Waals surface area contributed by atoms with Crippen LogP contribution in [0.5, 0.6) is 0 Å². The zero-order valence-corrected chi connectivity index (χ0v) is 9.27. The van der Waals surface area contributed by atoms with Crippen molar-refractivity contribution in [3.8, 4) is 0 Å². The summed E-state index contributed by atoms with van der Waals surface area (Å²) in [6, 6.07) is 5.65. The summed E-state index contributed by atoms with van der Waals surface area (Å²) in [5, 5.41) is 19.0. The monoisotopic (exact) mass is 241 g/mol. The maximum absolute atomic E-state index is 11.6. The molecule has 0 aromatic heterocycles. The Bertz CT molecular complexity index is 394. The van der Waals surface area contributed by atoms with E-state index in [4.69, 9.17) is 5.11 Å². The van der Waals surface area contributed by atoms with E-state index in [-0.39, 0.29) is 23.8 Å². The van der Waals surface area contributed by atoms with Crippen molar-refractivity contribution in [1.82, 2.24) is 0 Å². The smallest absolute Gasteiger partial charge is 0.270 e. The Hall–Kier alpha value is -1.40. The highest BCUT2D eigenvalue weighted by atomic mass is 32.2. The highest BCUT2D eigenvalue weighted by molar-refractivity contribution is 8.00. The summed E-state index contributed by atoms with van der Waals surface area (Å²) in [6.07, 6.45) is 0. The van der Waals surface area contributed by atoms with Crippen molar-refractivity contribution >= 4 is 23.2 Å². The number of nitro benzene ring substituents is 1. The second-order valence-corrected chi connectivity index (χ2v) is 4.11. The van der Waals surface area contributed by atoms with E-state index in [0.717, 1.165) is 0 Å². The Labute approximate surface area is 96.6 Å². The molecule has 0 aliphatic heterocycles. The van der Waals surface area contributed by atoms with Crippen molar-refractivity contribution in [3.63, 3.8) is 0 Å². The van der Waals surface area contributed by atoms with Gasteiger partial charge in [0.25, 0.3) is 5.69 Å². The number of nitro groups is 1. The Morgan fingerprint density at radius 3 is 2.88 bits per heavy atom. The predicted molar refractivity (Wildman–Crippen MR) is 61.8 cm³/mol. The van der Waals surface area contributed by atoms with Crippen LogP contribution in [0.4, 0.5) is 5.69 Å². The normalized spacial score (nSPS) is 10.1. The molecule has 0 amide bonds. The van der Waals surface area contributed by atoms with E-state index in [1.807, 2.05) is 0 Å². The van der Waals surface area contributed by atoms with E-state index in [9.17, 15) is 14.9 Å². The van der Waals surface area contributed by atoms with Gasteiger partial charge in [0.1, 0.15) is 0 Å². The number of hydrogen-bond donors (Lipinski definition) is 1. The Balaban J connectivity index is 2.68. The number of nitrogens with zero attached hydrogens (tertiary/aromatic N) is 1. The summed E-state index contributed by atoms with van der Waals surface area (Å²) in [4.78, 5) is 21.5. The van der Waals surface area contributed by atoms with Crippen LogP contribution in [0.1, 0.15) is 10.4 Å². The number of benzene rings is 1. The van der Waals surface area contributed by atoms with Gasteiger partial charge in [-0.3, -0.25) is 14.9 Å². The van der Waals surface area contributed by atoms with E-state index >= 15 is 0 Å². The fourth-order valence-electron chi connectivity index (χ4n) is 1.11. The number of rotatable bonds is 6. The zero-order valence-electron chi connectivity index (χ0n) is 8.46. The molecule has 0 saturated carbocycles. The van der Waals surface area contributed by atoms with Crippen LogP contribution in [0, 0.1) is 10.1 Å². The lowest BCUT2D eigenvalue weighted by Crippen LogP contribution is -2.04. The van der Waals surface area contributed by atoms with Crippen LogP contribution < -0.4 is 0 Å². The van der Waals surface area contributed by atoms with Crippen LogP contribution in [-0.4, -0.2) is 33.9 Å². The first-order valence-corrected chi connectivity index (χ1v) is 5.77. The van der Waals surface area contributed by atoms with Crippen LogP contribution >= 0.6 is 11.8 Å². The molecule has 1 aromatic rings. The van der Waals surface area contributed by atoms with Crippen molar-refractivity contribution in [1.29, 1.82) is 0 Å². The largest absolute Gasteiger partial charge is 0.396 e. The molecule has 0 heterocycles. The molecule has 0 fully saturated rings. The van der Waals surface area contributed by atoms with E-state index in [0.29, 0.717) is 11.3 Å². The van der Waals surface area contributed by atoms with Crippen LogP contribution in [0.2, 0.25) is 0 Å². The molecule has 0 radical (unpaired) electrons. The van der Waals surface area contributed by atoms with Crippen molar-refractivity contribution < 1.29 is 14.8 Å². The molecule has 1 rings (SSSR count). The first-order chi connectivity index (χ1) is 7.65. The van der Waals surface area contributed by atoms with Gasteiger partial charge >= 0.3 is 0 Å². The molecular formula is C10H11NO4S. The average molecular weight is 241 g/mol. The summed E-state index contributed by atoms with van der Waals surface area (Å²) < 4.78 is 0. The molecule has 0 unspecified atom stereocenters. The van der Waals surface area contributed by atoms with Crippen molar-refractivity contribution in [3.05, 3.63) is 39.9 Å². The van der Waals surface area contributed by atoms with Crippen molar-refractivity contribution in [2.75, 3.05) is 18.1 Å². The van der Waals surface area contributed by atoms with Gasteiger partial charge in [0, 0.05) is 23.4 Å². The first-order valence-electron chi connectivity index (χ1n) is 4.61. The lowest BCUT2D eigenvalue weighted by Gasteiger charge is -2.00. The third kappa shape index (κ3) is 3.63. The molecule has 1 N–H and O–H groups in total. The van der Waals surface area contributed by atoms with E-state index in [2.05, 4.69) is 0 Å². The number of non-ortho nitro benzene ring substituents is 1. The first kappa shape index (κ1) is 12.7. The van der Waals surface area contributed by atoms with Gasteiger partial charge in [-0.05, 0) is 0 Å². The fourth-order valence-corrected chi connectivity index (χ4v) is 1.73. The Morgan fingerprint density at radius 1 is 1.50 bits per heavy atom. The molecule has 86 valence electrons. The molecule has 0 bridgehead atoms. The molecule has 0 atom stereocenters. The molecule has 0 saturated heterocycles. The minimum absolute atomic E-state index is 0.0207. The molecule has 0 aliphatic carbocycles. The van der Waals surface area contributed by atoms with Gasteiger partial charge in [-0.25, -0.2) is 0 Å². The minimum Gasteiger partial charge on any atom is -0.396 e. The summed E-state index contributed by atoms with van der Waals surface area (Å²) >= 11 is 1.30. The second kappa shape index (κ2) is 6.24. The highest BCUT2D eigenvalue weighted by Crippen LogP contribution is 2.15. The molecule has 0 spiro atoms. The molecule has 0 aliphatic rings. The van der Waals surface area contributed by atoms with Gasteiger partial charge in [0.05, 0.1) is 17.3 Å². The minimum atomic E-state index is -0.530. The summed E-state index contributed by atoms with van der Waals surface area (Å²) in [7, 11) is 0. The number of carbonyl (C=O) groups is 1. The second-order valence-electron chi connectivity index (χ2n) is 3.01. The summed E-state index contributed by atoms with van der Waals surface area (Å²) in [5.41, 5.74) is 0.248. The maximum Gasteiger partial charge on any atom is 0.270 e. The van der Waals surface area contributed by atoms with Gasteiger partial charge in [0.2, 0.25) is 0 Å². The number of ketones is 1. The van der Waals surface area contributed by atoms with E-state index in [1.165, 1.54) is 30.0 Å². The van der Waals surface area contributed by atoms with Crippen LogP contribution in [0.3, 0.4) is 0 Å². The molecule has 5 nitrogen and oxygen atoms in total. The zero-order chi connectivity index (χ0) is 12.0. The number of thioether (sulfide) groups is 1. The number of carbonyl (C=O) groups excluding carboxylic acids is 1. The van der Waals surface area contributed by atoms with Crippen molar-refractivity contribution in [2.24, 2.45) is 0 Å². The topological polar surface area (TPSA) is 80.4 Å². The summed E-state index contributed by atoms with van der Waals surface area (Å²) in [5.74, 6) is 0.546. The van der Waals surface area contributed by atoms with Crippen LogP contribution in [-0.2, 0) is 0 Å². The maximum atomic E-state index is 11.6. The molecular weight excluding hydrogens is 230 g/mol. The quantitative estimate of drug-likeness (QED) is 0.353. The predicted octanol–water partition coefficient (Wildman–Crippen LogP) is 1.50. The number of Topliss-reactive ketones (excluding diaryl/α,β-unsaturated/α-hetero) is 1. The molecule has 6 heteroatoms. The van der Waals surface area contributed by atoms with Gasteiger partial charge in [0.15, 0.2) is 5.78 Å². The fraction of sp³-hybridized carbons (Fsp3) is 0.300. The van der Waals surface area contributed by atoms with Gasteiger partial charge in [-0.15, -0.1) is 0 Å². The highest BCUT2D eigenvalue weighted by Gasteiger charge is 2.11. The van der Waals surface area contributed by atoms with Crippen LogP contribution in [0.15, 0.2) is 24.3 Å².